The molecule has 2 atom stereocenters. The first-order valence-corrected chi connectivity index (χ1v) is 11.0. The number of amides is 2. The molecule has 1 aliphatic rings. The third-order valence-corrected chi connectivity index (χ3v) is 6.35. The van der Waals surface area contributed by atoms with E-state index in [1.165, 1.54) is 7.11 Å². The Bertz CT molecular complexity index is 1140. The van der Waals surface area contributed by atoms with Gasteiger partial charge in [-0.1, -0.05) is 59.8 Å². The van der Waals surface area contributed by atoms with Crippen LogP contribution in [0.1, 0.15) is 17.0 Å². The maximum atomic E-state index is 12.8. The molecule has 2 amide bonds. The number of anilines is 1. The van der Waals surface area contributed by atoms with Crippen LogP contribution in [0.2, 0.25) is 5.02 Å². The molecule has 0 aromatic heterocycles. The summed E-state index contributed by atoms with van der Waals surface area (Å²) in [6, 6.07) is 16.1. The fourth-order valence-corrected chi connectivity index (χ4v) is 4.52. The fourth-order valence-electron chi connectivity index (χ4n) is 3.42. The maximum Gasteiger partial charge on any atom is 0.319 e. The highest BCUT2D eigenvalue weighted by molar-refractivity contribution is 8.03. The molecule has 164 valence electrons. The third-order valence-electron chi connectivity index (χ3n) is 4.99. The van der Waals surface area contributed by atoms with E-state index < -0.39 is 23.7 Å². The van der Waals surface area contributed by atoms with Gasteiger partial charge in [-0.2, -0.15) is 5.26 Å². The van der Waals surface area contributed by atoms with E-state index >= 15 is 0 Å². The van der Waals surface area contributed by atoms with Gasteiger partial charge in [0, 0.05) is 16.6 Å². The van der Waals surface area contributed by atoms with Crippen LogP contribution in [0.5, 0.6) is 0 Å². The van der Waals surface area contributed by atoms with E-state index in [1.54, 1.807) is 30.3 Å². The predicted octanol–water partition coefficient (Wildman–Crippen LogP) is 3.76. The minimum absolute atomic E-state index is 0.0484. The highest BCUT2D eigenvalue weighted by atomic mass is 35.5. The second-order valence-corrected chi connectivity index (χ2v) is 8.39. The monoisotopic (exact) mass is 469 g/mol. The third kappa shape index (κ3) is 4.96. The molecule has 3 rings (SSSR count). The lowest BCUT2D eigenvalue weighted by Gasteiger charge is -2.31. The number of carbonyl (C=O) groups is 3. The molecule has 2 N–H and O–H groups in total. The van der Waals surface area contributed by atoms with Crippen molar-refractivity contribution in [2.45, 2.75) is 12.8 Å². The lowest BCUT2D eigenvalue weighted by Crippen LogP contribution is -2.44. The molecule has 32 heavy (non-hydrogen) atoms. The number of nitrogens with one attached hydrogen (secondary N) is 2. The summed E-state index contributed by atoms with van der Waals surface area (Å²) >= 11 is 7.34. The van der Waals surface area contributed by atoms with Crippen LogP contribution >= 0.6 is 23.4 Å². The van der Waals surface area contributed by atoms with Crippen molar-refractivity contribution < 1.29 is 19.1 Å². The first-order chi connectivity index (χ1) is 15.4. The van der Waals surface area contributed by atoms with E-state index in [1.807, 2.05) is 25.1 Å². The number of hydrogen-bond acceptors (Lipinski definition) is 6. The van der Waals surface area contributed by atoms with Gasteiger partial charge in [0.2, 0.25) is 11.8 Å². The normalized spacial score (nSPS) is 17.9. The number of methoxy groups -OCH3 is 1. The molecule has 0 unspecified atom stereocenters. The predicted molar refractivity (Wildman–Crippen MR) is 123 cm³/mol. The molecule has 9 heteroatoms. The van der Waals surface area contributed by atoms with Gasteiger partial charge in [0.25, 0.3) is 0 Å². The molecule has 1 aliphatic heterocycles. The zero-order valence-electron chi connectivity index (χ0n) is 17.3. The van der Waals surface area contributed by atoms with Crippen LogP contribution in [-0.2, 0) is 19.1 Å². The number of ether oxygens (including phenoxy) is 1. The Kier molecular flexibility index (Phi) is 7.57. The molecule has 0 bridgehead atoms. The Balaban J connectivity index is 1.92. The van der Waals surface area contributed by atoms with Gasteiger partial charge in [0.1, 0.15) is 5.92 Å². The molecule has 0 aliphatic carbocycles. The van der Waals surface area contributed by atoms with E-state index in [9.17, 15) is 19.6 Å². The summed E-state index contributed by atoms with van der Waals surface area (Å²) in [5.74, 6) is -3.96. The van der Waals surface area contributed by atoms with Crippen molar-refractivity contribution in [3.05, 3.63) is 75.3 Å². The largest absolute Gasteiger partial charge is 0.468 e. The second kappa shape index (κ2) is 10.4. The van der Waals surface area contributed by atoms with E-state index in [0.717, 1.165) is 17.3 Å². The molecular weight excluding hydrogens is 450 g/mol. The quantitative estimate of drug-likeness (QED) is 0.492. The van der Waals surface area contributed by atoms with Crippen molar-refractivity contribution in [3.63, 3.8) is 0 Å². The van der Waals surface area contributed by atoms with Crippen LogP contribution in [0, 0.1) is 24.2 Å². The topological polar surface area (TPSA) is 108 Å². The van der Waals surface area contributed by atoms with Crippen LogP contribution in [-0.4, -0.2) is 30.6 Å². The van der Waals surface area contributed by atoms with Crippen molar-refractivity contribution in [2.24, 2.45) is 5.92 Å². The van der Waals surface area contributed by atoms with Crippen LogP contribution < -0.4 is 10.6 Å². The number of carbonyl (C=O) groups excluding carboxylic acids is 3. The van der Waals surface area contributed by atoms with Crippen molar-refractivity contribution in [3.8, 4) is 6.07 Å². The number of rotatable bonds is 6. The molecule has 2 aromatic carbocycles. The van der Waals surface area contributed by atoms with Gasteiger partial charge < -0.3 is 15.4 Å². The molecule has 0 saturated heterocycles. The summed E-state index contributed by atoms with van der Waals surface area (Å²) in [6.07, 6.45) is 0. The number of nitriles is 1. The lowest BCUT2D eigenvalue weighted by molar-refractivity contribution is -0.150. The van der Waals surface area contributed by atoms with Gasteiger partial charge in [0.15, 0.2) is 0 Å². The summed E-state index contributed by atoms with van der Waals surface area (Å²) < 4.78 is 4.81. The van der Waals surface area contributed by atoms with E-state index in [0.29, 0.717) is 16.3 Å². The number of hydrogen-bond donors (Lipinski definition) is 2. The lowest BCUT2D eigenvalue weighted by atomic mass is 9.78. The zero-order chi connectivity index (χ0) is 23.3. The molecule has 2 aromatic rings. The molecule has 0 saturated carbocycles. The molecule has 0 radical (unpaired) electrons. The first kappa shape index (κ1) is 23.4. The van der Waals surface area contributed by atoms with Gasteiger partial charge >= 0.3 is 5.97 Å². The molecule has 1 heterocycles. The SMILES string of the molecule is COC(=O)[C@@H]1C(=O)NC(SCC(=O)Nc2ccccc2C)=C(C#N)[C@H]1c1ccccc1Cl. The summed E-state index contributed by atoms with van der Waals surface area (Å²) in [4.78, 5) is 37.7. The Morgan fingerprint density at radius 1 is 1.22 bits per heavy atom. The number of aryl methyl sites for hydroxylation is 1. The molecule has 0 spiro atoms. The summed E-state index contributed by atoms with van der Waals surface area (Å²) in [5, 5.41) is 15.8. The minimum Gasteiger partial charge on any atom is -0.468 e. The molecule has 0 fully saturated rings. The van der Waals surface area contributed by atoms with E-state index in [-0.39, 0.29) is 22.3 Å². The Labute approximate surface area is 194 Å². The molecular formula is C23H20ClN3O4S. The number of nitrogens with zero attached hydrogens (tertiary/aromatic N) is 1. The van der Waals surface area contributed by atoms with Crippen molar-refractivity contribution in [1.82, 2.24) is 5.32 Å². The van der Waals surface area contributed by atoms with Gasteiger partial charge in [-0.3, -0.25) is 14.4 Å². The number of benzene rings is 2. The Morgan fingerprint density at radius 3 is 2.56 bits per heavy atom. The summed E-state index contributed by atoms with van der Waals surface area (Å²) in [6.45, 7) is 1.88. The van der Waals surface area contributed by atoms with Crippen LogP contribution in [0.15, 0.2) is 59.1 Å². The zero-order valence-corrected chi connectivity index (χ0v) is 18.9. The number of para-hydroxylation sites is 1. The summed E-state index contributed by atoms with van der Waals surface area (Å²) in [7, 11) is 1.18. The number of halogens is 1. The standard InChI is InChI=1S/C23H20ClN3O4S/c1-13-7-3-6-10-17(13)26-18(28)12-32-22-15(11-25)19(14-8-4-5-9-16(14)24)20(21(29)27-22)23(30)31-2/h3-10,19-20H,12H2,1-2H3,(H,26,28)(H,27,29)/t19-,20+/m1/s1. The van der Waals surface area contributed by atoms with Crippen LogP contribution in [0.4, 0.5) is 5.69 Å². The first-order valence-electron chi connectivity index (χ1n) is 9.63. The Morgan fingerprint density at radius 2 is 1.91 bits per heavy atom. The highest BCUT2D eigenvalue weighted by Crippen LogP contribution is 2.42. The number of thioether (sulfide) groups is 1. The Hall–Kier alpha value is -3.28. The average Bonchev–Trinajstić information content (AvgIpc) is 2.78. The van der Waals surface area contributed by atoms with Gasteiger partial charge in [-0.25, -0.2) is 0 Å². The number of allylic oxidation sites excluding steroid dienone is 1. The average molecular weight is 470 g/mol. The van der Waals surface area contributed by atoms with Crippen molar-refractivity contribution in [1.29, 1.82) is 5.26 Å². The van der Waals surface area contributed by atoms with Crippen LogP contribution in [0.25, 0.3) is 0 Å². The van der Waals surface area contributed by atoms with E-state index in [4.69, 9.17) is 16.3 Å². The summed E-state index contributed by atoms with van der Waals surface area (Å²) in [5.41, 5.74) is 2.19. The van der Waals surface area contributed by atoms with E-state index in [2.05, 4.69) is 16.7 Å². The minimum atomic E-state index is -1.28. The van der Waals surface area contributed by atoms with Gasteiger partial charge in [0.05, 0.1) is 29.5 Å². The van der Waals surface area contributed by atoms with Gasteiger partial charge in [-0.15, -0.1) is 0 Å². The fraction of sp³-hybridized carbons (Fsp3) is 0.217. The smallest absolute Gasteiger partial charge is 0.319 e. The van der Waals surface area contributed by atoms with Crippen molar-refractivity contribution >= 4 is 46.8 Å². The number of esters is 1. The highest BCUT2D eigenvalue weighted by Gasteiger charge is 2.45. The van der Waals surface area contributed by atoms with Crippen molar-refractivity contribution in [2.75, 3.05) is 18.2 Å². The van der Waals surface area contributed by atoms with Crippen LogP contribution in [0.3, 0.4) is 0 Å². The second-order valence-electron chi connectivity index (χ2n) is 7.00. The molecule has 7 nitrogen and oxygen atoms in total. The maximum absolute atomic E-state index is 12.8. The van der Waals surface area contributed by atoms with Gasteiger partial charge in [-0.05, 0) is 30.2 Å².